The molecule has 0 bridgehead atoms. The lowest BCUT2D eigenvalue weighted by Crippen LogP contribution is -2.41. The molecule has 0 radical (unpaired) electrons. The van der Waals surface area contributed by atoms with Gasteiger partial charge in [0.05, 0.1) is 6.61 Å². The van der Waals surface area contributed by atoms with E-state index in [-0.39, 0.29) is 11.9 Å². The van der Waals surface area contributed by atoms with Crippen molar-refractivity contribution >= 4 is 11.7 Å². The van der Waals surface area contributed by atoms with Gasteiger partial charge in [-0.15, -0.1) is 0 Å². The second kappa shape index (κ2) is 9.34. The predicted molar refractivity (Wildman–Crippen MR) is 85.7 cm³/mol. The average molecular weight is 293 g/mol. The smallest absolute Gasteiger partial charge is 0.254 e. The molecule has 0 aliphatic rings. The first-order valence-electron chi connectivity index (χ1n) is 7.67. The van der Waals surface area contributed by atoms with Gasteiger partial charge in [0.2, 0.25) is 0 Å². The van der Waals surface area contributed by atoms with Gasteiger partial charge in [-0.2, -0.15) is 0 Å². The normalized spacial score (nSPS) is 10.7. The van der Waals surface area contributed by atoms with E-state index < -0.39 is 0 Å². The van der Waals surface area contributed by atoms with Crippen molar-refractivity contribution < 1.29 is 9.53 Å². The Balaban J connectivity index is 2.95. The Kier molecular flexibility index (Phi) is 7.75. The van der Waals surface area contributed by atoms with Crippen LogP contribution < -0.4 is 5.32 Å². The molecule has 0 spiro atoms. The third kappa shape index (κ3) is 5.01. The lowest BCUT2D eigenvalue weighted by Gasteiger charge is -2.30. The molecule has 0 saturated heterocycles. The fourth-order valence-electron chi connectivity index (χ4n) is 2.38. The molecule has 0 aliphatic heterocycles. The molecule has 1 N–H and O–H groups in total. The van der Waals surface area contributed by atoms with Gasteiger partial charge in [0, 0.05) is 38.0 Å². The van der Waals surface area contributed by atoms with E-state index in [9.17, 15) is 4.79 Å². The number of rotatable bonds is 9. The Morgan fingerprint density at radius 3 is 2.67 bits per heavy atom. The van der Waals surface area contributed by atoms with E-state index in [0.29, 0.717) is 18.7 Å². The second-order valence-electron chi connectivity index (χ2n) is 4.92. The maximum atomic E-state index is 12.8. The first kappa shape index (κ1) is 17.4. The van der Waals surface area contributed by atoms with Crippen LogP contribution in [0.3, 0.4) is 0 Å². The van der Waals surface area contributed by atoms with E-state index in [4.69, 9.17) is 4.74 Å². The molecule has 1 aromatic rings. The maximum absolute atomic E-state index is 12.8. The van der Waals surface area contributed by atoms with Crippen LogP contribution >= 0.6 is 0 Å². The zero-order valence-electron chi connectivity index (χ0n) is 13.6. The van der Waals surface area contributed by atoms with Crippen LogP contribution in [0.25, 0.3) is 0 Å². The summed E-state index contributed by atoms with van der Waals surface area (Å²) in [5.41, 5.74) is 0.670. The highest BCUT2D eigenvalue weighted by atomic mass is 16.5. The van der Waals surface area contributed by atoms with Crippen molar-refractivity contribution in [2.45, 2.75) is 39.7 Å². The quantitative estimate of drug-likeness (QED) is 0.760. The number of nitrogens with one attached hydrogen (secondary N) is 1. The number of aromatic nitrogens is 1. The third-order valence-electron chi connectivity index (χ3n) is 3.55. The Morgan fingerprint density at radius 2 is 2.10 bits per heavy atom. The minimum absolute atomic E-state index is 0.0438. The monoisotopic (exact) mass is 293 g/mol. The van der Waals surface area contributed by atoms with Gasteiger partial charge in [-0.05, 0) is 31.9 Å². The average Bonchev–Trinajstić information content (AvgIpc) is 2.51. The minimum Gasteiger partial charge on any atom is -0.383 e. The molecule has 0 fully saturated rings. The Morgan fingerprint density at radius 1 is 1.38 bits per heavy atom. The number of carbonyl (C=O) groups excluding carboxylic acids is 1. The van der Waals surface area contributed by atoms with Crippen LogP contribution in [0.15, 0.2) is 18.3 Å². The molecule has 1 aromatic heterocycles. The number of ether oxygens (including phenoxy) is 1. The number of hydrogen-bond acceptors (Lipinski definition) is 4. The lowest BCUT2D eigenvalue weighted by molar-refractivity contribution is 0.0589. The second-order valence-corrected chi connectivity index (χ2v) is 4.92. The van der Waals surface area contributed by atoms with Gasteiger partial charge >= 0.3 is 0 Å². The molecule has 1 rings (SSSR count). The van der Waals surface area contributed by atoms with Crippen LogP contribution in [0.2, 0.25) is 0 Å². The van der Waals surface area contributed by atoms with Crippen LogP contribution in [0, 0.1) is 0 Å². The van der Waals surface area contributed by atoms with Crippen molar-refractivity contribution in [3.8, 4) is 0 Å². The predicted octanol–water partition coefficient (Wildman–Crippen LogP) is 2.79. The summed E-state index contributed by atoms with van der Waals surface area (Å²) < 4.78 is 5.14. The fourth-order valence-corrected chi connectivity index (χ4v) is 2.38. The molecule has 0 aromatic carbocycles. The molecular formula is C16H27N3O2. The molecular weight excluding hydrogens is 266 g/mol. The minimum atomic E-state index is 0.0438. The number of hydrogen-bond donors (Lipinski definition) is 1. The molecule has 0 aliphatic carbocycles. The zero-order valence-corrected chi connectivity index (χ0v) is 13.6. The molecule has 118 valence electrons. The summed E-state index contributed by atoms with van der Waals surface area (Å²) in [5.74, 6) is 0.780. The molecule has 1 heterocycles. The fraction of sp³-hybridized carbons (Fsp3) is 0.625. The van der Waals surface area contributed by atoms with Gasteiger partial charge in [-0.1, -0.05) is 13.8 Å². The van der Waals surface area contributed by atoms with Crippen molar-refractivity contribution in [2.24, 2.45) is 0 Å². The van der Waals surface area contributed by atoms with Gasteiger partial charge in [-0.25, -0.2) is 4.98 Å². The summed E-state index contributed by atoms with van der Waals surface area (Å²) in [7, 11) is 1.66. The molecule has 1 amide bonds. The van der Waals surface area contributed by atoms with Crippen LogP contribution in [0.5, 0.6) is 0 Å². The van der Waals surface area contributed by atoms with Gasteiger partial charge in [0.15, 0.2) is 0 Å². The van der Waals surface area contributed by atoms with E-state index in [1.165, 1.54) is 0 Å². The molecule has 0 unspecified atom stereocenters. The first-order valence-corrected chi connectivity index (χ1v) is 7.67. The van der Waals surface area contributed by atoms with E-state index in [0.717, 1.165) is 25.2 Å². The van der Waals surface area contributed by atoms with E-state index in [2.05, 4.69) is 24.1 Å². The highest BCUT2D eigenvalue weighted by Crippen LogP contribution is 2.15. The molecule has 0 atom stereocenters. The first-order chi connectivity index (χ1) is 10.2. The summed E-state index contributed by atoms with van der Waals surface area (Å²) in [4.78, 5) is 18.9. The van der Waals surface area contributed by atoms with E-state index in [1.54, 1.807) is 19.4 Å². The summed E-state index contributed by atoms with van der Waals surface area (Å²) >= 11 is 0. The van der Waals surface area contributed by atoms with Crippen molar-refractivity contribution in [3.63, 3.8) is 0 Å². The SMILES string of the molecule is CCNc1cc(C(=O)N(CCOC)C(CC)CC)ccn1. The summed E-state index contributed by atoms with van der Waals surface area (Å²) in [6.45, 7) is 8.17. The molecule has 21 heavy (non-hydrogen) atoms. The topological polar surface area (TPSA) is 54.5 Å². The van der Waals surface area contributed by atoms with Gasteiger partial charge in [0.1, 0.15) is 5.82 Å². The summed E-state index contributed by atoms with van der Waals surface area (Å²) in [6, 6.07) is 3.82. The van der Waals surface area contributed by atoms with Gasteiger partial charge < -0.3 is 15.0 Å². The van der Waals surface area contributed by atoms with Crippen molar-refractivity contribution in [2.75, 3.05) is 32.1 Å². The number of nitrogens with zero attached hydrogens (tertiary/aromatic N) is 2. The Bertz CT molecular complexity index is 433. The highest BCUT2D eigenvalue weighted by Gasteiger charge is 2.22. The largest absolute Gasteiger partial charge is 0.383 e. The molecule has 5 nitrogen and oxygen atoms in total. The van der Waals surface area contributed by atoms with Gasteiger partial charge in [0.25, 0.3) is 5.91 Å². The van der Waals surface area contributed by atoms with E-state index >= 15 is 0 Å². The molecule has 0 saturated carbocycles. The summed E-state index contributed by atoms with van der Waals surface area (Å²) in [5, 5.41) is 3.14. The Labute approximate surface area is 127 Å². The standard InChI is InChI=1S/C16H27N3O2/c1-5-14(6-2)19(10-11-21-4)16(20)13-8-9-18-15(12-13)17-7-3/h8-9,12,14H,5-7,10-11H2,1-4H3,(H,17,18). The number of pyridine rings is 1. The van der Waals surface area contributed by atoms with Crippen molar-refractivity contribution in [1.82, 2.24) is 9.88 Å². The number of carbonyl (C=O) groups is 1. The number of methoxy groups -OCH3 is 1. The van der Waals surface area contributed by atoms with Crippen LogP contribution in [-0.2, 0) is 4.74 Å². The molecule has 5 heteroatoms. The number of amides is 1. The Hall–Kier alpha value is -1.62. The van der Waals surface area contributed by atoms with Crippen molar-refractivity contribution in [3.05, 3.63) is 23.9 Å². The van der Waals surface area contributed by atoms with Gasteiger partial charge in [-0.3, -0.25) is 4.79 Å². The summed E-state index contributed by atoms with van der Waals surface area (Å²) in [6.07, 6.45) is 3.56. The third-order valence-corrected chi connectivity index (χ3v) is 3.55. The van der Waals surface area contributed by atoms with Crippen LogP contribution in [0.1, 0.15) is 44.0 Å². The maximum Gasteiger partial charge on any atom is 0.254 e. The van der Waals surface area contributed by atoms with Crippen molar-refractivity contribution in [1.29, 1.82) is 0 Å². The zero-order chi connectivity index (χ0) is 15.7. The van der Waals surface area contributed by atoms with E-state index in [1.807, 2.05) is 17.9 Å². The van der Waals surface area contributed by atoms with Crippen LogP contribution in [0.4, 0.5) is 5.82 Å². The number of anilines is 1. The van der Waals surface area contributed by atoms with Crippen LogP contribution in [-0.4, -0.2) is 48.6 Å². The highest BCUT2D eigenvalue weighted by molar-refractivity contribution is 5.95. The lowest BCUT2D eigenvalue weighted by atomic mass is 10.1.